The molecule has 0 radical (unpaired) electrons. The second-order valence-electron chi connectivity index (χ2n) is 14.1. The summed E-state index contributed by atoms with van der Waals surface area (Å²) >= 11 is 0. The Hall–Kier alpha value is -8.07. The first-order valence-electron chi connectivity index (χ1n) is 22.2. The van der Waals surface area contributed by atoms with E-state index in [2.05, 4.69) is 172 Å². The molecule has 0 aliphatic carbocycles. The van der Waals surface area contributed by atoms with E-state index < -0.39 is 0 Å². The van der Waals surface area contributed by atoms with Crippen molar-refractivity contribution in [3.05, 3.63) is 260 Å². The number of terminal acetylenes is 1. The monoisotopic (exact) mass is 904 g/mol. The van der Waals surface area contributed by atoms with Gasteiger partial charge in [0.05, 0.1) is 6.54 Å². The summed E-state index contributed by atoms with van der Waals surface area (Å²) in [7, 11) is 2.06. The molecule has 0 aliphatic rings. The molecule has 0 fully saturated rings. The lowest BCUT2D eigenvalue weighted by molar-refractivity contribution is 0.985. The smallest absolute Gasteiger partial charge is 0.0632 e. The Bertz CT molecular complexity index is 2360. The molecule has 3 aromatic carbocycles. The summed E-state index contributed by atoms with van der Waals surface area (Å²) < 4.78 is 2.29. The molecule has 0 amide bonds. The predicted octanol–water partition coefficient (Wildman–Crippen LogP) is 17.5. The van der Waals surface area contributed by atoms with Crippen LogP contribution in [0.5, 0.6) is 0 Å². The predicted molar refractivity (Wildman–Crippen MR) is 311 cm³/mol. The molecule has 0 unspecified atom stereocenters. The summed E-state index contributed by atoms with van der Waals surface area (Å²) in [6, 6.07) is 27.0. The molecule has 5 heteroatoms. The lowest BCUT2D eigenvalue weighted by Gasteiger charge is -2.22. The first-order chi connectivity index (χ1) is 33.0. The molecule has 0 atom stereocenters. The number of anilines is 2. The number of hydrogen-bond donors (Lipinski definition) is 0. The average Bonchev–Trinajstić information content (AvgIpc) is 3.59. The highest BCUT2D eigenvalue weighted by Crippen LogP contribution is 2.31. The summed E-state index contributed by atoms with van der Waals surface area (Å²) in [6.45, 7) is 40.7. The van der Waals surface area contributed by atoms with Crippen LogP contribution in [0.4, 0.5) is 11.4 Å². The van der Waals surface area contributed by atoms with E-state index >= 15 is 0 Å². The topological polar surface area (TPSA) is 45.2 Å². The Balaban J connectivity index is 0. The molecule has 1 aromatic heterocycles. The molecule has 0 bridgehead atoms. The van der Waals surface area contributed by atoms with Gasteiger partial charge in [-0.15, -0.1) is 12.8 Å². The van der Waals surface area contributed by atoms with E-state index in [9.17, 15) is 0 Å². The van der Waals surface area contributed by atoms with E-state index in [1.807, 2.05) is 143 Å². The van der Waals surface area contributed by atoms with Crippen LogP contribution in [-0.4, -0.2) is 31.8 Å². The fourth-order valence-corrected chi connectivity index (χ4v) is 5.76. The molecule has 354 valence electrons. The highest BCUT2D eigenvalue weighted by atomic mass is 15.1. The van der Waals surface area contributed by atoms with E-state index in [0.717, 1.165) is 34.5 Å². The second kappa shape index (κ2) is 41.6. The van der Waals surface area contributed by atoms with Gasteiger partial charge in [-0.3, -0.25) is 15.0 Å². The van der Waals surface area contributed by atoms with E-state index in [-0.39, 0.29) is 0 Å². The van der Waals surface area contributed by atoms with Gasteiger partial charge in [0, 0.05) is 53.5 Å². The maximum Gasteiger partial charge on any atom is 0.0632 e. The molecule has 68 heavy (non-hydrogen) atoms. The third-order valence-electron chi connectivity index (χ3n) is 9.40. The van der Waals surface area contributed by atoms with E-state index in [1.165, 1.54) is 33.8 Å². The Kier molecular flexibility index (Phi) is 38.0. The van der Waals surface area contributed by atoms with E-state index in [0.29, 0.717) is 6.54 Å². The quantitative estimate of drug-likeness (QED) is 0.0425. The zero-order valence-electron chi connectivity index (χ0n) is 42.3. The van der Waals surface area contributed by atoms with Crippen molar-refractivity contribution in [3.63, 3.8) is 0 Å². The largest absolute Gasteiger partial charge is 0.344 e. The van der Waals surface area contributed by atoms with Crippen LogP contribution in [0, 0.1) is 33.6 Å². The van der Waals surface area contributed by atoms with Crippen LogP contribution in [0.3, 0.4) is 0 Å². The van der Waals surface area contributed by atoms with Crippen LogP contribution < -0.4 is 4.90 Å². The van der Waals surface area contributed by atoms with Crippen LogP contribution in [-0.2, 0) is 6.54 Å². The maximum absolute atomic E-state index is 4.04. The number of nitrogens with zero attached hydrogens (tertiary/aromatic N) is 5. The van der Waals surface area contributed by atoms with Gasteiger partial charge in [-0.05, 0) is 146 Å². The fourth-order valence-electron chi connectivity index (χ4n) is 5.76. The second-order valence-corrected chi connectivity index (χ2v) is 14.1. The molecule has 4 rings (SSSR count). The van der Waals surface area contributed by atoms with Crippen molar-refractivity contribution >= 4 is 43.2 Å². The first-order valence-corrected chi connectivity index (χ1v) is 22.2. The summed E-state index contributed by atoms with van der Waals surface area (Å²) in [5, 5.41) is 0. The van der Waals surface area contributed by atoms with Crippen LogP contribution in [0.2, 0.25) is 0 Å². The van der Waals surface area contributed by atoms with Gasteiger partial charge in [-0.1, -0.05) is 172 Å². The van der Waals surface area contributed by atoms with Crippen molar-refractivity contribution in [3.8, 4) is 18.5 Å². The van der Waals surface area contributed by atoms with Crippen molar-refractivity contribution < 1.29 is 0 Å². The minimum Gasteiger partial charge on any atom is -0.344 e. The van der Waals surface area contributed by atoms with Crippen molar-refractivity contribution in [1.82, 2.24) is 4.57 Å². The van der Waals surface area contributed by atoms with Gasteiger partial charge in [0.15, 0.2) is 0 Å². The third kappa shape index (κ3) is 26.0. The third-order valence-corrected chi connectivity index (χ3v) is 9.40. The molecular weight excluding hydrogens is 827 g/mol. The zero-order chi connectivity index (χ0) is 51.4. The molecule has 0 aliphatic heterocycles. The lowest BCUT2D eigenvalue weighted by Crippen LogP contribution is -2.11. The van der Waals surface area contributed by atoms with Crippen molar-refractivity contribution in [2.45, 2.75) is 61.4 Å². The van der Waals surface area contributed by atoms with Crippen LogP contribution in [0.1, 0.15) is 67.8 Å². The van der Waals surface area contributed by atoms with Gasteiger partial charge in [-0.2, -0.15) is 0 Å². The summed E-state index contributed by atoms with van der Waals surface area (Å²) in [5.74, 6) is 0. The number of aliphatic imine (C=N–C) groups is 3. The number of benzene rings is 3. The van der Waals surface area contributed by atoms with Gasteiger partial charge in [0.2, 0.25) is 0 Å². The number of hydrogen-bond acceptors (Lipinski definition) is 4. The summed E-state index contributed by atoms with van der Waals surface area (Å²) in [6.07, 6.45) is 47.3. The van der Waals surface area contributed by atoms with Gasteiger partial charge >= 0.3 is 0 Å². The van der Waals surface area contributed by atoms with Crippen LogP contribution >= 0.6 is 0 Å². The fraction of sp³-hybridized carbons (Fsp3) is 0.159. The van der Waals surface area contributed by atoms with Crippen LogP contribution in [0.15, 0.2) is 241 Å². The summed E-state index contributed by atoms with van der Waals surface area (Å²) in [5.41, 5.74) is 13.0. The zero-order valence-corrected chi connectivity index (χ0v) is 42.3. The van der Waals surface area contributed by atoms with Crippen molar-refractivity contribution in [2.24, 2.45) is 15.0 Å². The number of aromatic nitrogens is 1. The number of para-hydroxylation sites is 2. The molecule has 0 N–H and O–H groups in total. The minimum absolute atomic E-state index is 0.659. The van der Waals surface area contributed by atoms with Gasteiger partial charge < -0.3 is 9.47 Å². The summed E-state index contributed by atoms with van der Waals surface area (Å²) in [4.78, 5) is 13.1. The normalized spacial score (nSPS) is 10.7. The Morgan fingerprint density at radius 2 is 1.19 bits per heavy atom. The van der Waals surface area contributed by atoms with E-state index in [1.54, 1.807) is 24.6 Å². The molecule has 1 heterocycles. The van der Waals surface area contributed by atoms with Gasteiger partial charge in [-0.25, -0.2) is 0 Å². The maximum atomic E-state index is 4.04. The molecule has 5 nitrogen and oxygen atoms in total. The highest BCUT2D eigenvalue weighted by Gasteiger charge is 2.14. The van der Waals surface area contributed by atoms with Gasteiger partial charge in [0.25, 0.3) is 0 Å². The van der Waals surface area contributed by atoms with Gasteiger partial charge in [0.1, 0.15) is 0 Å². The molecule has 0 spiro atoms. The lowest BCUT2D eigenvalue weighted by atomic mass is 10.0. The average molecular weight is 904 g/mol. The Morgan fingerprint density at radius 3 is 1.68 bits per heavy atom. The minimum atomic E-state index is 0.659. The molecule has 4 aromatic rings. The Labute approximate surface area is 412 Å². The highest BCUT2D eigenvalue weighted by molar-refractivity contribution is 5.83. The first kappa shape index (κ1) is 62.0. The molecular formula is C63H77N5. The molecule has 0 saturated heterocycles. The van der Waals surface area contributed by atoms with E-state index in [4.69, 9.17) is 0 Å². The standard InChI is InChI=1S/C19H22N2.C17H17N.C9H14.2C8H11N.C2H2/c1-6-7-8-19-15(3)14(2)16(4)21(19)18-11-9-17(10-12-18)13-20-5;1-4-14(2)16-12-8-9-13-17(16)18(3)15-10-6-5-7-11-15;1-4-6-8-9(3)7-5-2;2*1-3-4-5-6-7-8-9-2;1-2/h6-12H,1,5,13H2,2-4H3;4-13H,1-2H2,3H3;4-7H,3,8H2,1-2H3;2*3-8H,2H2,1H3;1-2H/b8-7-;;6-4-,7-5-;2*4-3+,6-5-,8-7-;. The van der Waals surface area contributed by atoms with Crippen molar-refractivity contribution in [1.29, 1.82) is 0 Å². The Morgan fingerprint density at radius 1 is 0.647 bits per heavy atom. The van der Waals surface area contributed by atoms with Crippen molar-refractivity contribution in [2.75, 3.05) is 11.9 Å². The number of rotatable bonds is 18. The molecule has 0 saturated carbocycles. The van der Waals surface area contributed by atoms with Crippen LogP contribution in [0.25, 0.3) is 17.3 Å². The number of allylic oxidation sites excluding steroid dienone is 19. The SMILES string of the molecule is C#C.C=C(/C=C\C)C/C=C\C.C=C/C=C\c1c(C)c(C)c(C)n1-c1ccc(CN=C)cc1.C=CC(=C)c1ccccc1N(C)c1ccccc1.C=N\C=C/C=C\C=C\C.C=N\C=C/C=C\C=C\C.